The van der Waals surface area contributed by atoms with E-state index in [1.54, 1.807) is 6.92 Å². The lowest BCUT2D eigenvalue weighted by molar-refractivity contribution is -0.122. The smallest absolute Gasteiger partial charge is 0.265 e. The molecule has 1 N–H and O–H groups in total. The van der Waals surface area contributed by atoms with Gasteiger partial charge >= 0.3 is 0 Å². The molecule has 0 spiro atoms. The first-order chi connectivity index (χ1) is 9.97. The number of carbonyl (C=O) groups excluding carboxylic acids is 1. The summed E-state index contributed by atoms with van der Waals surface area (Å²) in [6, 6.07) is 13.3. The van der Waals surface area contributed by atoms with Crippen LogP contribution in [0, 0.1) is 13.8 Å². The summed E-state index contributed by atoms with van der Waals surface area (Å²) in [4.78, 5) is 12.2. The van der Waals surface area contributed by atoms with Crippen molar-refractivity contribution in [2.24, 2.45) is 0 Å². The van der Waals surface area contributed by atoms with Gasteiger partial charge in [0.1, 0.15) is 5.75 Å². The van der Waals surface area contributed by atoms with E-state index in [1.165, 1.54) is 0 Å². The maximum absolute atomic E-state index is 12.2. The summed E-state index contributed by atoms with van der Waals surface area (Å²) < 4.78 is 6.73. The van der Waals surface area contributed by atoms with Crippen molar-refractivity contribution in [1.82, 2.24) is 0 Å². The minimum absolute atomic E-state index is 0.168. The Bertz CT molecular complexity index is 638. The fraction of sp³-hybridized carbons (Fsp3) is 0.235. The first kappa shape index (κ1) is 15.6. The molecule has 110 valence electrons. The number of aryl methyl sites for hydroxylation is 1. The van der Waals surface area contributed by atoms with E-state index in [-0.39, 0.29) is 5.91 Å². The van der Waals surface area contributed by atoms with Crippen molar-refractivity contribution in [2.45, 2.75) is 26.9 Å². The highest BCUT2D eigenvalue weighted by Gasteiger charge is 2.16. The topological polar surface area (TPSA) is 38.3 Å². The Morgan fingerprint density at radius 2 is 1.81 bits per heavy atom. The Kier molecular flexibility index (Phi) is 5.02. The van der Waals surface area contributed by atoms with Gasteiger partial charge in [-0.25, -0.2) is 0 Å². The molecule has 2 aromatic carbocycles. The molecule has 0 radical (unpaired) electrons. The molecule has 1 amide bonds. The van der Waals surface area contributed by atoms with Crippen LogP contribution in [0.4, 0.5) is 5.69 Å². The molecular formula is C17H18BrNO2. The molecule has 3 nitrogen and oxygen atoms in total. The second-order valence-corrected chi connectivity index (χ2v) is 5.87. The van der Waals surface area contributed by atoms with Gasteiger partial charge in [-0.2, -0.15) is 0 Å². The molecule has 1 atom stereocenters. The highest BCUT2D eigenvalue weighted by molar-refractivity contribution is 9.10. The molecule has 4 heteroatoms. The Morgan fingerprint density at radius 1 is 1.14 bits per heavy atom. The SMILES string of the molecule is Cc1cccc(O[C@H](C)C(=O)Nc2ccc(Br)cc2)c1C. The van der Waals surface area contributed by atoms with Crippen molar-refractivity contribution < 1.29 is 9.53 Å². The monoisotopic (exact) mass is 347 g/mol. The van der Waals surface area contributed by atoms with Crippen LogP contribution < -0.4 is 10.1 Å². The molecule has 2 rings (SSSR count). The van der Waals surface area contributed by atoms with Gasteiger partial charge in [0, 0.05) is 10.2 Å². The normalized spacial score (nSPS) is 11.8. The lowest BCUT2D eigenvalue weighted by Gasteiger charge is -2.17. The lowest BCUT2D eigenvalue weighted by Crippen LogP contribution is -2.30. The molecule has 0 bridgehead atoms. The zero-order chi connectivity index (χ0) is 15.4. The van der Waals surface area contributed by atoms with Crippen LogP contribution in [0.1, 0.15) is 18.1 Å². The van der Waals surface area contributed by atoms with Gasteiger partial charge in [-0.05, 0) is 62.2 Å². The second-order valence-electron chi connectivity index (χ2n) is 4.95. The number of carbonyl (C=O) groups is 1. The summed E-state index contributed by atoms with van der Waals surface area (Å²) in [6.07, 6.45) is -0.561. The van der Waals surface area contributed by atoms with Gasteiger partial charge < -0.3 is 10.1 Å². The Labute approximate surface area is 133 Å². The van der Waals surface area contributed by atoms with Gasteiger partial charge in [0.15, 0.2) is 6.10 Å². The van der Waals surface area contributed by atoms with E-state index < -0.39 is 6.10 Å². The third-order valence-corrected chi connectivity index (χ3v) is 3.87. The van der Waals surface area contributed by atoms with Gasteiger partial charge in [-0.3, -0.25) is 4.79 Å². The van der Waals surface area contributed by atoms with Gasteiger partial charge in [0.25, 0.3) is 5.91 Å². The number of rotatable bonds is 4. The number of ether oxygens (including phenoxy) is 1. The molecule has 0 heterocycles. The Hall–Kier alpha value is -1.81. The van der Waals surface area contributed by atoms with E-state index in [2.05, 4.69) is 21.2 Å². The average Bonchev–Trinajstić information content (AvgIpc) is 2.46. The summed E-state index contributed by atoms with van der Waals surface area (Å²) in [5, 5.41) is 2.84. The second kappa shape index (κ2) is 6.76. The molecule has 0 saturated heterocycles. The zero-order valence-corrected chi connectivity index (χ0v) is 13.9. The molecule has 0 aromatic heterocycles. The third-order valence-electron chi connectivity index (χ3n) is 3.34. The van der Waals surface area contributed by atoms with Gasteiger partial charge in [-0.15, -0.1) is 0 Å². The van der Waals surface area contributed by atoms with Crippen molar-refractivity contribution in [2.75, 3.05) is 5.32 Å². The van der Waals surface area contributed by atoms with Crippen LogP contribution >= 0.6 is 15.9 Å². The predicted octanol–water partition coefficient (Wildman–Crippen LogP) is 4.47. The number of benzene rings is 2. The van der Waals surface area contributed by atoms with E-state index in [9.17, 15) is 4.79 Å². The highest BCUT2D eigenvalue weighted by Crippen LogP contribution is 2.22. The summed E-state index contributed by atoms with van der Waals surface area (Å²) in [5.41, 5.74) is 2.95. The van der Waals surface area contributed by atoms with Crippen molar-refractivity contribution in [3.05, 3.63) is 58.1 Å². The number of amides is 1. The number of nitrogens with one attached hydrogen (secondary N) is 1. The standard InChI is InChI=1S/C17H18BrNO2/c1-11-5-4-6-16(12(11)2)21-13(3)17(20)19-15-9-7-14(18)8-10-15/h4-10,13H,1-3H3,(H,19,20)/t13-/m1/s1. The van der Waals surface area contributed by atoms with Crippen LogP contribution in [0.15, 0.2) is 46.9 Å². The molecule has 0 aliphatic carbocycles. The maximum Gasteiger partial charge on any atom is 0.265 e. The Balaban J connectivity index is 2.02. The minimum Gasteiger partial charge on any atom is -0.481 e. The van der Waals surface area contributed by atoms with Crippen LogP contribution in [0.3, 0.4) is 0 Å². The quantitative estimate of drug-likeness (QED) is 0.885. The number of hydrogen-bond donors (Lipinski definition) is 1. The molecule has 0 saturated carbocycles. The highest BCUT2D eigenvalue weighted by atomic mass is 79.9. The summed E-state index contributed by atoms with van der Waals surface area (Å²) in [7, 11) is 0. The predicted molar refractivity (Wildman–Crippen MR) is 88.8 cm³/mol. The van der Waals surface area contributed by atoms with Crippen LogP contribution in [-0.2, 0) is 4.79 Å². The zero-order valence-electron chi connectivity index (χ0n) is 12.3. The van der Waals surface area contributed by atoms with Crippen molar-refractivity contribution in [3.63, 3.8) is 0 Å². The maximum atomic E-state index is 12.2. The number of halogens is 1. The minimum atomic E-state index is -0.561. The van der Waals surface area contributed by atoms with Gasteiger partial charge in [-0.1, -0.05) is 28.1 Å². The molecular weight excluding hydrogens is 330 g/mol. The average molecular weight is 348 g/mol. The number of hydrogen-bond acceptors (Lipinski definition) is 2. The fourth-order valence-corrected chi connectivity index (χ4v) is 2.14. The molecule has 21 heavy (non-hydrogen) atoms. The summed E-state index contributed by atoms with van der Waals surface area (Å²) >= 11 is 3.36. The van der Waals surface area contributed by atoms with Crippen molar-refractivity contribution in [1.29, 1.82) is 0 Å². The van der Waals surface area contributed by atoms with Crippen LogP contribution in [-0.4, -0.2) is 12.0 Å². The molecule has 0 fully saturated rings. The van der Waals surface area contributed by atoms with Crippen LogP contribution in [0.25, 0.3) is 0 Å². The molecule has 0 unspecified atom stereocenters. The number of anilines is 1. The summed E-state index contributed by atoms with van der Waals surface area (Å²) in [5.74, 6) is 0.576. The first-order valence-electron chi connectivity index (χ1n) is 6.76. The molecule has 2 aromatic rings. The van der Waals surface area contributed by atoms with E-state index in [1.807, 2.05) is 56.3 Å². The van der Waals surface area contributed by atoms with E-state index >= 15 is 0 Å². The van der Waals surface area contributed by atoms with Crippen LogP contribution in [0.5, 0.6) is 5.75 Å². The first-order valence-corrected chi connectivity index (χ1v) is 7.56. The summed E-state index contributed by atoms with van der Waals surface area (Å²) in [6.45, 7) is 5.76. The van der Waals surface area contributed by atoms with Crippen LogP contribution in [0.2, 0.25) is 0 Å². The van der Waals surface area contributed by atoms with Gasteiger partial charge in [0.2, 0.25) is 0 Å². The fourth-order valence-electron chi connectivity index (χ4n) is 1.87. The molecule has 0 aliphatic rings. The third kappa shape index (κ3) is 4.08. The van der Waals surface area contributed by atoms with Gasteiger partial charge in [0.05, 0.1) is 0 Å². The van der Waals surface area contributed by atoms with Crippen molar-refractivity contribution in [3.8, 4) is 5.75 Å². The van der Waals surface area contributed by atoms with Crippen molar-refractivity contribution >= 4 is 27.5 Å². The lowest BCUT2D eigenvalue weighted by atomic mass is 10.1. The largest absolute Gasteiger partial charge is 0.481 e. The molecule has 0 aliphatic heterocycles. The van der Waals surface area contributed by atoms with E-state index in [0.29, 0.717) is 0 Å². The Morgan fingerprint density at radius 3 is 2.48 bits per heavy atom. The van der Waals surface area contributed by atoms with E-state index in [0.717, 1.165) is 27.0 Å². The van der Waals surface area contributed by atoms with E-state index in [4.69, 9.17) is 4.74 Å².